The van der Waals surface area contributed by atoms with E-state index in [9.17, 15) is 9.59 Å². The van der Waals surface area contributed by atoms with Gasteiger partial charge < -0.3 is 21.6 Å². The average Bonchev–Trinajstić information content (AvgIpc) is 3.35. The first kappa shape index (κ1) is 14.8. The fourth-order valence-electron chi connectivity index (χ4n) is 1.80. The first-order chi connectivity index (χ1) is 10.1. The molecule has 21 heavy (non-hydrogen) atoms. The predicted octanol–water partition coefficient (Wildman–Crippen LogP) is 0.0371. The number of oxime groups is 1. The van der Waals surface area contributed by atoms with Gasteiger partial charge in [-0.05, 0) is 25.0 Å². The molecule has 1 saturated carbocycles. The molecule has 1 fully saturated rings. The third-order valence-corrected chi connectivity index (χ3v) is 3.21. The van der Waals surface area contributed by atoms with E-state index < -0.39 is 0 Å². The molecule has 1 aliphatic carbocycles. The first-order valence-corrected chi connectivity index (χ1v) is 6.75. The Morgan fingerprint density at radius 2 is 1.71 bits per heavy atom. The van der Waals surface area contributed by atoms with Crippen LogP contribution in [0.15, 0.2) is 29.4 Å². The standard InChI is InChI=1S/C14H18N4O3/c15-12(18-21)9-1-3-10(4-2-9)13(19)16-7-8-17-14(20)11-5-6-11/h1-4,11,21H,5-8H2,(H2,15,18)(H,16,19)(H,17,20). The highest BCUT2D eigenvalue weighted by Gasteiger charge is 2.28. The second-order valence-corrected chi connectivity index (χ2v) is 4.88. The number of carbonyl (C=O) groups is 2. The van der Waals surface area contributed by atoms with Crippen LogP contribution < -0.4 is 16.4 Å². The molecule has 1 aromatic rings. The molecular weight excluding hydrogens is 272 g/mol. The van der Waals surface area contributed by atoms with Gasteiger partial charge in [-0.1, -0.05) is 17.3 Å². The van der Waals surface area contributed by atoms with Crippen molar-refractivity contribution >= 4 is 17.6 Å². The van der Waals surface area contributed by atoms with E-state index in [1.807, 2.05) is 0 Å². The third-order valence-electron chi connectivity index (χ3n) is 3.21. The molecule has 0 spiro atoms. The van der Waals surface area contributed by atoms with Gasteiger partial charge in [0.25, 0.3) is 5.91 Å². The van der Waals surface area contributed by atoms with Crippen molar-refractivity contribution in [1.29, 1.82) is 0 Å². The molecule has 0 unspecified atom stereocenters. The van der Waals surface area contributed by atoms with Gasteiger partial charge in [0.2, 0.25) is 5.91 Å². The van der Waals surface area contributed by atoms with Crippen molar-refractivity contribution in [2.75, 3.05) is 13.1 Å². The van der Waals surface area contributed by atoms with Gasteiger partial charge in [-0.15, -0.1) is 0 Å². The summed E-state index contributed by atoms with van der Waals surface area (Å²) in [6.45, 7) is 0.794. The highest BCUT2D eigenvalue weighted by molar-refractivity contribution is 5.99. The van der Waals surface area contributed by atoms with Crippen LogP contribution in [0.4, 0.5) is 0 Å². The number of amidine groups is 1. The molecule has 0 heterocycles. The van der Waals surface area contributed by atoms with Crippen molar-refractivity contribution < 1.29 is 14.8 Å². The lowest BCUT2D eigenvalue weighted by atomic mass is 10.1. The van der Waals surface area contributed by atoms with E-state index in [4.69, 9.17) is 10.9 Å². The molecule has 1 aromatic carbocycles. The number of amides is 2. The van der Waals surface area contributed by atoms with E-state index in [1.54, 1.807) is 24.3 Å². The Morgan fingerprint density at radius 3 is 2.29 bits per heavy atom. The molecule has 0 bridgehead atoms. The SMILES string of the molecule is N/C(=N/O)c1ccc(C(=O)NCCNC(=O)C2CC2)cc1. The Morgan fingerprint density at radius 1 is 1.14 bits per heavy atom. The minimum absolute atomic E-state index is 0.00949. The van der Waals surface area contributed by atoms with Crippen LogP contribution in [0.3, 0.4) is 0 Å². The van der Waals surface area contributed by atoms with Crippen LogP contribution in [0, 0.1) is 5.92 Å². The molecule has 7 heteroatoms. The van der Waals surface area contributed by atoms with Gasteiger partial charge in [-0.3, -0.25) is 9.59 Å². The molecule has 0 radical (unpaired) electrons. The Kier molecular flexibility index (Phi) is 4.76. The lowest BCUT2D eigenvalue weighted by molar-refractivity contribution is -0.122. The molecule has 0 aromatic heterocycles. The number of nitrogens with two attached hydrogens (primary N) is 1. The maximum Gasteiger partial charge on any atom is 0.251 e. The molecule has 2 rings (SSSR count). The zero-order valence-electron chi connectivity index (χ0n) is 11.5. The molecule has 5 N–H and O–H groups in total. The topological polar surface area (TPSA) is 117 Å². The Labute approximate surface area is 122 Å². The second kappa shape index (κ2) is 6.74. The van der Waals surface area contributed by atoms with Crippen molar-refractivity contribution in [2.24, 2.45) is 16.8 Å². The van der Waals surface area contributed by atoms with Crippen LogP contribution in [0.2, 0.25) is 0 Å². The van der Waals surface area contributed by atoms with Crippen LogP contribution >= 0.6 is 0 Å². The zero-order chi connectivity index (χ0) is 15.2. The quantitative estimate of drug-likeness (QED) is 0.194. The van der Waals surface area contributed by atoms with E-state index in [1.165, 1.54) is 0 Å². The largest absolute Gasteiger partial charge is 0.409 e. The van der Waals surface area contributed by atoms with Gasteiger partial charge in [0.15, 0.2) is 5.84 Å². The summed E-state index contributed by atoms with van der Waals surface area (Å²) >= 11 is 0. The number of rotatable bonds is 6. The minimum Gasteiger partial charge on any atom is -0.409 e. The summed E-state index contributed by atoms with van der Waals surface area (Å²) < 4.78 is 0. The zero-order valence-corrected chi connectivity index (χ0v) is 11.5. The van der Waals surface area contributed by atoms with Crippen molar-refractivity contribution in [2.45, 2.75) is 12.8 Å². The second-order valence-electron chi connectivity index (χ2n) is 4.88. The predicted molar refractivity (Wildman–Crippen MR) is 77.0 cm³/mol. The maximum absolute atomic E-state index is 11.9. The number of benzene rings is 1. The summed E-state index contributed by atoms with van der Waals surface area (Å²) in [5.74, 6) is -0.00858. The normalized spacial score (nSPS) is 14.6. The summed E-state index contributed by atoms with van der Waals surface area (Å²) in [6, 6.07) is 6.37. The van der Waals surface area contributed by atoms with E-state index >= 15 is 0 Å². The number of hydrogen-bond donors (Lipinski definition) is 4. The van der Waals surface area contributed by atoms with Gasteiger partial charge in [-0.2, -0.15) is 0 Å². The van der Waals surface area contributed by atoms with Crippen molar-refractivity contribution in [1.82, 2.24) is 10.6 Å². The lowest BCUT2D eigenvalue weighted by Gasteiger charge is -2.07. The van der Waals surface area contributed by atoms with Gasteiger partial charge >= 0.3 is 0 Å². The highest BCUT2D eigenvalue weighted by Crippen LogP contribution is 2.28. The van der Waals surface area contributed by atoms with Crippen LogP contribution in [-0.2, 0) is 4.79 Å². The molecule has 112 valence electrons. The molecule has 1 aliphatic rings. The van der Waals surface area contributed by atoms with E-state index in [0.717, 1.165) is 12.8 Å². The fourth-order valence-corrected chi connectivity index (χ4v) is 1.80. The number of hydrogen-bond acceptors (Lipinski definition) is 4. The molecule has 0 atom stereocenters. The highest BCUT2D eigenvalue weighted by atomic mass is 16.4. The number of nitrogens with zero attached hydrogens (tertiary/aromatic N) is 1. The Bertz CT molecular complexity index is 550. The van der Waals surface area contributed by atoms with Crippen molar-refractivity contribution in [3.05, 3.63) is 35.4 Å². The molecule has 0 aliphatic heterocycles. The number of carbonyl (C=O) groups excluding carboxylic acids is 2. The summed E-state index contributed by atoms with van der Waals surface area (Å²) in [4.78, 5) is 23.2. The maximum atomic E-state index is 11.9. The Hall–Kier alpha value is -2.57. The molecule has 0 saturated heterocycles. The summed E-state index contributed by atoms with van der Waals surface area (Å²) in [5, 5.41) is 16.9. The molecular formula is C14H18N4O3. The monoisotopic (exact) mass is 290 g/mol. The molecule has 2 amide bonds. The minimum atomic E-state index is -0.235. The number of nitrogens with one attached hydrogen (secondary N) is 2. The van der Waals surface area contributed by atoms with Crippen LogP contribution in [0.25, 0.3) is 0 Å². The van der Waals surface area contributed by atoms with Gasteiger partial charge in [0.05, 0.1) is 0 Å². The first-order valence-electron chi connectivity index (χ1n) is 6.75. The van der Waals surface area contributed by atoms with E-state index in [-0.39, 0.29) is 23.6 Å². The van der Waals surface area contributed by atoms with Gasteiger partial charge in [0, 0.05) is 30.1 Å². The average molecular weight is 290 g/mol. The van der Waals surface area contributed by atoms with E-state index in [0.29, 0.717) is 24.2 Å². The smallest absolute Gasteiger partial charge is 0.251 e. The van der Waals surface area contributed by atoms with Crippen molar-refractivity contribution in [3.63, 3.8) is 0 Å². The molecule has 7 nitrogen and oxygen atoms in total. The van der Waals surface area contributed by atoms with Gasteiger partial charge in [0.1, 0.15) is 0 Å². The van der Waals surface area contributed by atoms with Gasteiger partial charge in [-0.25, -0.2) is 0 Å². The van der Waals surface area contributed by atoms with Crippen LogP contribution in [-0.4, -0.2) is 35.9 Å². The Balaban J connectivity index is 1.76. The summed E-state index contributed by atoms with van der Waals surface area (Å²) in [6.07, 6.45) is 1.93. The fraction of sp³-hybridized carbons (Fsp3) is 0.357. The third kappa shape index (κ3) is 4.20. The van der Waals surface area contributed by atoms with Crippen LogP contribution in [0.5, 0.6) is 0 Å². The summed E-state index contributed by atoms with van der Waals surface area (Å²) in [7, 11) is 0. The van der Waals surface area contributed by atoms with Crippen molar-refractivity contribution in [3.8, 4) is 0 Å². The van der Waals surface area contributed by atoms with Crippen LogP contribution in [0.1, 0.15) is 28.8 Å². The van der Waals surface area contributed by atoms with E-state index in [2.05, 4.69) is 15.8 Å². The lowest BCUT2D eigenvalue weighted by Crippen LogP contribution is -2.35. The summed E-state index contributed by atoms with van der Waals surface area (Å²) in [5.41, 5.74) is 6.44.